The number of nitriles is 1. The second-order valence-corrected chi connectivity index (χ2v) is 6.80. The highest BCUT2D eigenvalue weighted by molar-refractivity contribution is 5.76. The number of ether oxygens (including phenoxy) is 2. The first-order valence-corrected chi connectivity index (χ1v) is 8.33. The highest BCUT2D eigenvalue weighted by atomic mass is 19.1. The molecule has 0 aromatic heterocycles. The molecule has 0 bridgehead atoms. The minimum absolute atomic E-state index is 0.0910. The molecule has 130 valence electrons. The van der Waals surface area contributed by atoms with Crippen molar-refractivity contribution in [2.24, 2.45) is 11.8 Å². The summed E-state index contributed by atoms with van der Waals surface area (Å²) in [6, 6.07) is 8.17. The number of esters is 1. The van der Waals surface area contributed by atoms with Gasteiger partial charge in [0.05, 0.1) is 18.3 Å². The number of nitrogens with zero attached hydrogens (tertiary/aromatic N) is 1. The second kappa shape index (κ2) is 7.76. The van der Waals surface area contributed by atoms with Gasteiger partial charge < -0.3 is 9.47 Å². The lowest BCUT2D eigenvalue weighted by Crippen LogP contribution is -2.39. The van der Waals surface area contributed by atoms with E-state index in [9.17, 15) is 14.4 Å². The standard InChI is InChI=1S/C19H24FNO3/c1-4-23-18(22)16(12-21)17(13-5-7-15(20)8-6-13)14-9-10-24-19(2,3)11-14/h5-8,14,16-17H,4,9-11H2,1-3H3/t14-,16+,17+/m0/s1. The van der Waals surface area contributed by atoms with E-state index in [4.69, 9.17) is 9.47 Å². The van der Waals surface area contributed by atoms with E-state index in [1.807, 2.05) is 13.8 Å². The predicted octanol–water partition coefficient (Wildman–Crippen LogP) is 3.82. The van der Waals surface area contributed by atoms with E-state index in [1.165, 1.54) is 12.1 Å². The predicted molar refractivity (Wildman–Crippen MR) is 87.6 cm³/mol. The monoisotopic (exact) mass is 333 g/mol. The second-order valence-electron chi connectivity index (χ2n) is 6.80. The van der Waals surface area contributed by atoms with Crippen LogP contribution in [0.15, 0.2) is 24.3 Å². The molecule has 3 atom stereocenters. The first-order chi connectivity index (χ1) is 11.4. The van der Waals surface area contributed by atoms with Crippen LogP contribution in [0.4, 0.5) is 4.39 Å². The zero-order valence-electron chi connectivity index (χ0n) is 14.4. The molecule has 5 heteroatoms. The lowest BCUT2D eigenvalue weighted by Gasteiger charge is -2.40. The quantitative estimate of drug-likeness (QED) is 0.769. The van der Waals surface area contributed by atoms with Crippen molar-refractivity contribution in [2.45, 2.75) is 45.1 Å². The number of hydrogen-bond acceptors (Lipinski definition) is 4. The summed E-state index contributed by atoms with van der Waals surface area (Å²) in [5.74, 6) is -2.01. The maximum atomic E-state index is 13.3. The molecule has 0 N–H and O–H groups in total. The summed E-state index contributed by atoms with van der Waals surface area (Å²) < 4.78 is 24.2. The van der Waals surface area contributed by atoms with Gasteiger partial charge >= 0.3 is 5.97 Å². The van der Waals surface area contributed by atoms with Gasteiger partial charge in [-0.3, -0.25) is 4.79 Å². The Kier molecular flexibility index (Phi) is 5.95. The molecule has 0 aliphatic carbocycles. The average Bonchev–Trinajstić information content (AvgIpc) is 2.52. The van der Waals surface area contributed by atoms with E-state index in [-0.39, 0.29) is 29.9 Å². The number of rotatable bonds is 5. The fraction of sp³-hybridized carbons (Fsp3) is 0.579. The molecule has 4 nitrogen and oxygen atoms in total. The van der Waals surface area contributed by atoms with Crippen LogP contribution in [-0.2, 0) is 14.3 Å². The molecule has 0 saturated carbocycles. The average molecular weight is 333 g/mol. The van der Waals surface area contributed by atoms with Gasteiger partial charge in [-0.2, -0.15) is 5.26 Å². The third-order valence-electron chi connectivity index (χ3n) is 4.54. The summed E-state index contributed by atoms with van der Waals surface area (Å²) in [6.07, 6.45) is 1.48. The molecule has 1 aromatic rings. The fourth-order valence-electron chi connectivity index (χ4n) is 3.52. The van der Waals surface area contributed by atoms with Crippen LogP contribution in [0.1, 0.15) is 45.1 Å². The van der Waals surface area contributed by atoms with Crippen LogP contribution in [0.2, 0.25) is 0 Å². The SMILES string of the molecule is CCOC(=O)[C@H](C#N)[C@H](c1ccc(F)cc1)[C@H]1CCOC(C)(C)C1. The van der Waals surface area contributed by atoms with E-state index in [0.717, 1.165) is 18.4 Å². The summed E-state index contributed by atoms with van der Waals surface area (Å²) in [5.41, 5.74) is 0.481. The van der Waals surface area contributed by atoms with Gasteiger partial charge in [0.25, 0.3) is 0 Å². The van der Waals surface area contributed by atoms with Gasteiger partial charge in [-0.25, -0.2) is 4.39 Å². The van der Waals surface area contributed by atoms with Gasteiger partial charge in [-0.15, -0.1) is 0 Å². The molecular formula is C19H24FNO3. The molecule has 24 heavy (non-hydrogen) atoms. The van der Waals surface area contributed by atoms with Crippen LogP contribution in [0.3, 0.4) is 0 Å². The third kappa shape index (κ3) is 4.33. The summed E-state index contributed by atoms with van der Waals surface area (Å²) in [4.78, 5) is 12.3. The van der Waals surface area contributed by atoms with Gasteiger partial charge in [0.1, 0.15) is 5.82 Å². The van der Waals surface area contributed by atoms with Crippen molar-refractivity contribution in [2.75, 3.05) is 13.2 Å². The fourth-order valence-corrected chi connectivity index (χ4v) is 3.52. The van der Waals surface area contributed by atoms with E-state index in [2.05, 4.69) is 6.07 Å². The molecule has 0 radical (unpaired) electrons. The Bertz CT molecular complexity index is 606. The summed E-state index contributed by atoms with van der Waals surface area (Å²) >= 11 is 0. The van der Waals surface area contributed by atoms with Crippen molar-refractivity contribution in [3.8, 4) is 6.07 Å². The van der Waals surface area contributed by atoms with Crippen molar-refractivity contribution >= 4 is 5.97 Å². The molecule has 1 aromatic carbocycles. The molecule has 1 fully saturated rings. The maximum absolute atomic E-state index is 13.3. The van der Waals surface area contributed by atoms with Crippen LogP contribution in [0, 0.1) is 29.0 Å². The molecule has 0 amide bonds. The van der Waals surface area contributed by atoms with Crippen molar-refractivity contribution < 1.29 is 18.7 Å². The summed E-state index contributed by atoms with van der Waals surface area (Å²) in [6.45, 7) is 6.54. The van der Waals surface area contributed by atoms with Gasteiger partial charge in [-0.05, 0) is 57.2 Å². The molecule has 1 heterocycles. The van der Waals surface area contributed by atoms with Gasteiger partial charge in [0.15, 0.2) is 5.92 Å². The highest BCUT2D eigenvalue weighted by Gasteiger charge is 2.41. The van der Waals surface area contributed by atoms with Gasteiger partial charge in [0, 0.05) is 12.5 Å². The Labute approximate surface area is 142 Å². The highest BCUT2D eigenvalue weighted by Crippen LogP contribution is 2.42. The largest absolute Gasteiger partial charge is 0.465 e. The lowest BCUT2D eigenvalue weighted by molar-refractivity contribution is -0.148. The minimum Gasteiger partial charge on any atom is -0.465 e. The van der Waals surface area contributed by atoms with E-state index >= 15 is 0 Å². The zero-order valence-corrected chi connectivity index (χ0v) is 14.4. The van der Waals surface area contributed by atoms with Crippen LogP contribution in [-0.4, -0.2) is 24.8 Å². The Balaban J connectivity index is 2.38. The molecule has 0 spiro atoms. The molecular weight excluding hydrogens is 309 g/mol. The van der Waals surface area contributed by atoms with Crippen molar-refractivity contribution in [3.63, 3.8) is 0 Å². The summed E-state index contributed by atoms with van der Waals surface area (Å²) in [5, 5.41) is 9.61. The number of benzene rings is 1. The lowest BCUT2D eigenvalue weighted by atomic mass is 9.71. The molecule has 1 aliphatic heterocycles. The molecule has 1 saturated heterocycles. The minimum atomic E-state index is -0.908. The maximum Gasteiger partial charge on any atom is 0.323 e. The molecule has 0 unspecified atom stereocenters. The van der Waals surface area contributed by atoms with E-state index < -0.39 is 11.9 Å². The van der Waals surface area contributed by atoms with Crippen LogP contribution in [0.25, 0.3) is 0 Å². The summed E-state index contributed by atoms with van der Waals surface area (Å²) in [7, 11) is 0. The first kappa shape index (κ1) is 18.4. The Morgan fingerprint density at radius 3 is 2.67 bits per heavy atom. The van der Waals surface area contributed by atoms with E-state index in [0.29, 0.717) is 6.61 Å². The molecule has 1 aliphatic rings. The van der Waals surface area contributed by atoms with Crippen LogP contribution < -0.4 is 0 Å². The Morgan fingerprint density at radius 1 is 1.46 bits per heavy atom. The smallest absolute Gasteiger partial charge is 0.323 e. The van der Waals surface area contributed by atoms with Crippen LogP contribution in [0.5, 0.6) is 0 Å². The molecule has 2 rings (SSSR count). The topological polar surface area (TPSA) is 59.3 Å². The number of carbonyl (C=O) groups is 1. The van der Waals surface area contributed by atoms with Crippen molar-refractivity contribution in [1.29, 1.82) is 5.26 Å². The Hall–Kier alpha value is -1.93. The Morgan fingerprint density at radius 2 is 2.12 bits per heavy atom. The first-order valence-electron chi connectivity index (χ1n) is 8.33. The van der Waals surface area contributed by atoms with E-state index in [1.54, 1.807) is 19.1 Å². The van der Waals surface area contributed by atoms with Gasteiger partial charge in [0.2, 0.25) is 0 Å². The number of halogens is 1. The van der Waals surface area contributed by atoms with Crippen molar-refractivity contribution in [3.05, 3.63) is 35.6 Å². The zero-order chi connectivity index (χ0) is 17.7. The normalized spacial score (nSPS) is 22.2. The number of hydrogen-bond donors (Lipinski definition) is 0. The van der Waals surface area contributed by atoms with Crippen molar-refractivity contribution in [1.82, 2.24) is 0 Å². The number of carbonyl (C=O) groups excluding carboxylic acids is 1. The van der Waals surface area contributed by atoms with Crippen LogP contribution >= 0.6 is 0 Å². The third-order valence-corrected chi connectivity index (χ3v) is 4.54. The van der Waals surface area contributed by atoms with Gasteiger partial charge in [-0.1, -0.05) is 12.1 Å².